The highest BCUT2D eigenvalue weighted by Crippen LogP contribution is 2.43. The molecule has 0 aliphatic heterocycles. The predicted octanol–water partition coefficient (Wildman–Crippen LogP) is 35.7. The Morgan fingerprint density at radius 3 is 0.664 bits per heavy atom. The second-order valence-corrected chi connectivity index (χ2v) is 39.2. The molecule has 0 saturated carbocycles. The molecular formula is C137H122N12. The van der Waals surface area contributed by atoms with Crippen molar-refractivity contribution in [1.29, 1.82) is 0 Å². The molecule has 0 unspecified atom stereocenters. The van der Waals surface area contributed by atoms with Gasteiger partial charge in [0.1, 0.15) is 34.9 Å². The predicted molar refractivity (Wildman–Crippen MR) is 625 cm³/mol. The van der Waals surface area contributed by atoms with Crippen molar-refractivity contribution in [3.63, 3.8) is 0 Å². The topological polar surface area (TPSA) is 107 Å². The Morgan fingerprint density at radius 2 is 0.362 bits per heavy atom. The highest BCUT2D eigenvalue weighted by atomic mass is 15.1. The third-order valence-electron chi connectivity index (χ3n) is 27.6. The molecule has 0 radical (unpaired) electrons. The Balaban J connectivity index is 0.000000108. The molecule has 0 aliphatic carbocycles. The summed E-state index contributed by atoms with van der Waals surface area (Å²) in [6.45, 7) is 30.9. The van der Waals surface area contributed by atoms with Crippen LogP contribution in [0.15, 0.2) is 467 Å². The van der Waals surface area contributed by atoms with E-state index < -0.39 is 0 Å². The summed E-state index contributed by atoms with van der Waals surface area (Å²) in [6.07, 6.45) is 0. The van der Waals surface area contributed by atoms with Gasteiger partial charge in [-0.1, -0.05) is 417 Å². The van der Waals surface area contributed by atoms with Crippen LogP contribution >= 0.6 is 0 Å². The van der Waals surface area contributed by atoms with Crippen LogP contribution < -0.4 is 0 Å². The summed E-state index contributed by atoms with van der Waals surface area (Å²) in [6, 6.07) is 162. The third-order valence-corrected chi connectivity index (χ3v) is 27.6. The fourth-order valence-corrected chi connectivity index (χ4v) is 20.8. The van der Waals surface area contributed by atoms with Crippen molar-refractivity contribution in [3.8, 4) is 114 Å². The molecule has 6 heterocycles. The first kappa shape index (κ1) is 98.4. The van der Waals surface area contributed by atoms with E-state index in [2.05, 4.69) is 531 Å². The van der Waals surface area contributed by atoms with Gasteiger partial charge in [0, 0.05) is 33.4 Å². The highest BCUT2D eigenvalue weighted by molar-refractivity contribution is 5.91. The average Bonchev–Trinajstić information content (AvgIpc) is 1.60. The smallest absolute Gasteiger partial charge is 0.145 e. The van der Waals surface area contributed by atoms with E-state index in [-0.39, 0.29) is 0 Å². The van der Waals surface area contributed by atoms with Gasteiger partial charge in [-0.3, -0.25) is 27.4 Å². The molecule has 0 N–H and O–H groups in total. The van der Waals surface area contributed by atoms with E-state index in [1.54, 1.807) is 0 Å². The Labute approximate surface area is 874 Å². The first-order valence-electron chi connectivity index (χ1n) is 51.6. The number of para-hydroxylation sites is 16. The highest BCUT2D eigenvalue weighted by Gasteiger charge is 2.27. The first-order valence-corrected chi connectivity index (χ1v) is 51.6. The van der Waals surface area contributed by atoms with Gasteiger partial charge in [-0.15, -0.1) is 0 Å². The van der Waals surface area contributed by atoms with Crippen LogP contribution in [0, 0.1) is 55.4 Å². The Morgan fingerprint density at radius 1 is 0.154 bits per heavy atom. The number of aryl methyl sites for hydroxylation is 8. The quantitative estimate of drug-likeness (QED) is 0.0954. The third kappa shape index (κ3) is 20.5. The second kappa shape index (κ2) is 44.3. The zero-order chi connectivity index (χ0) is 103. The maximum absolute atomic E-state index is 5.02. The molecule has 730 valence electrons. The molecule has 6 aromatic heterocycles. The van der Waals surface area contributed by atoms with E-state index in [0.717, 1.165) is 135 Å². The number of benzene rings is 19. The summed E-state index contributed by atoms with van der Waals surface area (Å²) in [7, 11) is 0. The molecule has 12 nitrogen and oxygen atoms in total. The molecule has 25 rings (SSSR count). The van der Waals surface area contributed by atoms with Gasteiger partial charge in [0.2, 0.25) is 0 Å². The monoisotopic (exact) mass is 1930 g/mol. The van der Waals surface area contributed by atoms with Gasteiger partial charge in [-0.05, 0) is 237 Å². The lowest BCUT2D eigenvalue weighted by atomic mass is 9.92. The van der Waals surface area contributed by atoms with Crippen LogP contribution in [-0.2, 0) is 0 Å². The van der Waals surface area contributed by atoms with Crippen LogP contribution in [0.2, 0.25) is 0 Å². The van der Waals surface area contributed by atoms with Crippen molar-refractivity contribution in [1.82, 2.24) is 57.3 Å². The summed E-state index contributed by atoms with van der Waals surface area (Å²) < 4.78 is 13.8. The molecule has 0 amide bonds. The van der Waals surface area contributed by atoms with Gasteiger partial charge in [0.05, 0.1) is 100 Å². The summed E-state index contributed by atoms with van der Waals surface area (Å²) in [5.41, 5.74) is 43.7. The number of hydrogen-bond donors (Lipinski definition) is 0. The number of fused-ring (bicyclic) bond motifs is 6. The maximum atomic E-state index is 5.02. The summed E-state index contributed by atoms with van der Waals surface area (Å²) in [5.74, 6) is 7.26. The molecule has 25 aromatic rings. The van der Waals surface area contributed by atoms with Crippen molar-refractivity contribution in [3.05, 3.63) is 528 Å². The first-order chi connectivity index (χ1) is 72.8. The molecular weight excluding hydrogens is 1810 g/mol. The van der Waals surface area contributed by atoms with Crippen molar-refractivity contribution in [2.75, 3.05) is 0 Å². The van der Waals surface area contributed by atoms with Crippen molar-refractivity contribution in [2.45, 2.75) is 115 Å². The van der Waals surface area contributed by atoms with E-state index in [0.29, 0.717) is 17.8 Å². The second-order valence-electron chi connectivity index (χ2n) is 39.2. The van der Waals surface area contributed by atoms with E-state index in [4.69, 9.17) is 29.9 Å². The molecule has 0 aliphatic rings. The van der Waals surface area contributed by atoms with Crippen molar-refractivity contribution >= 4 is 66.2 Å². The fourth-order valence-electron chi connectivity index (χ4n) is 20.8. The minimum Gasteiger partial charge on any atom is -0.292 e. The van der Waals surface area contributed by atoms with E-state index >= 15 is 0 Å². The lowest BCUT2D eigenvalue weighted by molar-refractivity contribution is 0.811. The molecule has 19 aromatic carbocycles. The van der Waals surface area contributed by atoms with Gasteiger partial charge < -0.3 is 0 Å². The maximum Gasteiger partial charge on any atom is 0.145 e. The zero-order valence-electron chi connectivity index (χ0n) is 87.1. The summed E-state index contributed by atoms with van der Waals surface area (Å²) in [4.78, 5) is 29.6. The van der Waals surface area contributed by atoms with Crippen LogP contribution in [-0.4, -0.2) is 57.3 Å². The van der Waals surface area contributed by atoms with Crippen molar-refractivity contribution < 1.29 is 0 Å². The van der Waals surface area contributed by atoms with E-state index in [1.165, 1.54) is 106 Å². The Kier molecular flexibility index (Phi) is 29.3. The van der Waals surface area contributed by atoms with Gasteiger partial charge in [-0.2, -0.15) is 0 Å². The fraction of sp³-hybridized carbons (Fsp3) is 0.124. The minimum atomic E-state index is 0.434. The largest absolute Gasteiger partial charge is 0.292 e. The molecule has 149 heavy (non-hydrogen) atoms. The van der Waals surface area contributed by atoms with Crippen LogP contribution in [0.1, 0.15) is 120 Å². The number of nitrogens with zero attached hydrogens (tertiary/aromatic N) is 12. The molecule has 0 saturated heterocycles. The van der Waals surface area contributed by atoms with Crippen LogP contribution in [0.25, 0.3) is 180 Å². The van der Waals surface area contributed by atoms with Gasteiger partial charge in [0.25, 0.3) is 0 Å². The molecule has 0 atom stereocenters. The lowest BCUT2D eigenvalue weighted by Gasteiger charge is -2.22. The molecule has 0 fully saturated rings. The Hall–Kier alpha value is -18.0. The SMILES string of the molecule is CC(C)c1cccc(C(C)C)c1-n1c(-c2ccccc2)nc2ccccc21.CC(C)c1ccccc1-n1c(-c2ccccc2)nc2ccccc21.Cc1cc(-c2ccccc2)cc(C)c1-n1c(-c2ccccc2)nc2ccccc21.Cc1cc(C)c(-n2c(-c3ccccc3)nc3ccccc32)c(C)c1.Cc1cccc(C)c1-n1c(-c2ccccc2)nc2ccccc21.Cc1ccccc1-n1c(-c2ccccc2)nc2ccccc21. The average molecular weight is 1940 g/mol. The van der Waals surface area contributed by atoms with E-state index in [9.17, 15) is 0 Å². The summed E-state index contributed by atoms with van der Waals surface area (Å²) >= 11 is 0. The number of hydrogen-bond acceptors (Lipinski definition) is 6. The van der Waals surface area contributed by atoms with Crippen molar-refractivity contribution in [2.24, 2.45) is 0 Å². The lowest BCUT2D eigenvalue weighted by Crippen LogP contribution is -2.08. The Bertz CT molecular complexity index is 8900. The molecule has 0 bridgehead atoms. The van der Waals surface area contributed by atoms with Crippen LogP contribution in [0.3, 0.4) is 0 Å². The number of aromatic nitrogens is 12. The number of rotatable bonds is 16. The molecule has 12 heteroatoms. The normalized spacial score (nSPS) is 11.2. The molecule has 0 spiro atoms. The summed E-state index contributed by atoms with van der Waals surface area (Å²) in [5, 5.41) is 0. The van der Waals surface area contributed by atoms with E-state index in [1.807, 2.05) is 60.7 Å². The standard InChI is InChI=1S/C27H22N2.C25H26N2.2C22H20N2.C21H18N2.C20H16N2/c1-19-17-23(21-11-5-3-6-12-21)18-20(2)26(19)29-25-16-10-9-15-24(25)28-27(29)22-13-7-4-8-14-22;1-17(2)20-13-10-14-21(18(3)4)24(20)27-23-16-9-8-15-22(23)26-25(27)19-11-6-5-7-12-19;1-15-13-16(2)21(17(3)14-15)24-20-12-8-7-11-19(20)23-22(24)18-9-5-4-6-10-18;1-16(2)18-12-6-8-14-20(18)24-21-15-9-7-13-19(21)23-22(24)17-10-4-3-5-11-17;1-15-9-8-10-16(2)20(15)23-19-14-7-6-13-18(19)22-21(23)17-11-4-3-5-12-17;1-15-9-5-7-13-18(15)22-19-14-8-6-12-17(19)21-20(22)16-10-3-2-4-11-16/h3-18H,1-2H3;5-18H,1-4H3;4-14H,1-3H3;3-16H,1-2H3;3-14H,1-2H3;2-14H,1H3. The minimum absolute atomic E-state index is 0.434. The van der Waals surface area contributed by atoms with Gasteiger partial charge in [0.15, 0.2) is 0 Å². The van der Waals surface area contributed by atoms with Gasteiger partial charge >= 0.3 is 0 Å². The van der Waals surface area contributed by atoms with Gasteiger partial charge in [-0.25, -0.2) is 29.9 Å². The number of imidazole rings is 6. The van der Waals surface area contributed by atoms with Crippen LogP contribution in [0.5, 0.6) is 0 Å². The zero-order valence-corrected chi connectivity index (χ0v) is 87.1. The van der Waals surface area contributed by atoms with Crippen LogP contribution in [0.4, 0.5) is 0 Å².